The largest absolute Gasteiger partial charge is 0.493 e. The minimum Gasteiger partial charge on any atom is -0.493 e. The van der Waals surface area contributed by atoms with E-state index in [0.29, 0.717) is 37.1 Å². The first-order chi connectivity index (χ1) is 37.4. The predicted molar refractivity (Wildman–Crippen MR) is 326 cm³/mol. The Labute approximate surface area is 470 Å². The molecule has 0 bridgehead atoms. The van der Waals surface area contributed by atoms with Crippen molar-refractivity contribution in [3.05, 3.63) is 176 Å². The number of ether oxygens (including phenoxy) is 2. The maximum Gasteiger partial charge on any atom is 0.261 e. The van der Waals surface area contributed by atoms with Crippen molar-refractivity contribution < 1.29 is 29.3 Å². The van der Waals surface area contributed by atoms with E-state index in [2.05, 4.69) is 140 Å². The van der Waals surface area contributed by atoms with Crippen LogP contribution in [-0.2, 0) is 10.8 Å². The van der Waals surface area contributed by atoms with Crippen molar-refractivity contribution in [1.29, 1.82) is 0 Å². The van der Waals surface area contributed by atoms with E-state index in [1.807, 2.05) is 39.8 Å². The van der Waals surface area contributed by atoms with Crippen molar-refractivity contribution in [3.8, 4) is 11.5 Å². The molecule has 0 unspecified atom stereocenters. The molecule has 422 valence electrons. The second kappa shape index (κ2) is 29.4. The summed E-state index contributed by atoms with van der Waals surface area (Å²) in [6.45, 7) is 28.3. The van der Waals surface area contributed by atoms with E-state index in [4.69, 9.17) is 15.2 Å². The summed E-state index contributed by atoms with van der Waals surface area (Å²) in [6.07, 6.45) is 20.6. The van der Waals surface area contributed by atoms with Crippen LogP contribution in [0.3, 0.4) is 0 Å². The van der Waals surface area contributed by atoms with Gasteiger partial charge >= 0.3 is 0 Å². The zero-order valence-corrected chi connectivity index (χ0v) is 49.8. The first-order valence-electron chi connectivity index (χ1n) is 29.6. The van der Waals surface area contributed by atoms with Gasteiger partial charge in [-0.15, -0.1) is 0 Å². The Morgan fingerprint density at radius 3 is 1.15 bits per heavy atom. The lowest BCUT2D eigenvalue weighted by molar-refractivity contribution is 0.0650. The molecule has 6 rings (SSSR count). The summed E-state index contributed by atoms with van der Waals surface area (Å²) in [5.74, 6) is 1.50. The minimum atomic E-state index is -0.759. The van der Waals surface area contributed by atoms with Gasteiger partial charge < -0.3 is 25.4 Å². The normalized spacial score (nSPS) is 13.1. The van der Waals surface area contributed by atoms with E-state index in [-0.39, 0.29) is 22.6 Å². The average molecular weight is 1060 g/mol. The molecule has 1 heterocycles. The van der Waals surface area contributed by atoms with E-state index < -0.39 is 11.2 Å². The molecular weight excluding hydrogens is 965 g/mol. The summed E-state index contributed by atoms with van der Waals surface area (Å²) in [5.41, 5.74) is 17.3. The highest BCUT2D eigenvalue weighted by molar-refractivity contribution is 6.21. The number of rotatable bonds is 29. The number of aryl methyl sites for hydroxylation is 4. The molecule has 78 heavy (non-hydrogen) atoms. The monoisotopic (exact) mass is 1060 g/mol. The number of aliphatic hydroxyl groups is 2. The van der Waals surface area contributed by atoms with Gasteiger partial charge in [-0.05, 0) is 204 Å². The van der Waals surface area contributed by atoms with Gasteiger partial charge in [0.25, 0.3) is 11.8 Å². The number of benzene rings is 5. The zero-order chi connectivity index (χ0) is 57.1. The standard InChI is InChI=1S/C39H49NO4.C31H47NO2/c1-7-38(43,8-2)23-22-30-18-19-31(26-28(30)5)39(9-3,10-4)32-20-21-35(29(6)27-32)44-25-15-11-14-24-40-36(41)33-16-12-13-17-34(33)37(40)42;1-7-30(33,8-2)19-18-26-14-15-27(22-24(26)5)31(9-3,10-4)28-16-17-29(25(6)23-28)34-21-13-11-12-20-32/h12-13,16-23,26-27,43H,7-11,14-15,24-25H2,1-6H3;14-19,22-23,33H,7-13,20-21,32H2,1-6H3/b23-22+;19-18+. The van der Waals surface area contributed by atoms with Crippen molar-refractivity contribution in [2.75, 3.05) is 26.3 Å². The number of carbonyl (C=O) groups is 2. The predicted octanol–water partition coefficient (Wildman–Crippen LogP) is 16.3. The maximum absolute atomic E-state index is 12.6. The molecule has 1 aliphatic heterocycles. The van der Waals surface area contributed by atoms with Gasteiger partial charge in [0.1, 0.15) is 11.5 Å². The van der Waals surface area contributed by atoms with Crippen molar-refractivity contribution in [2.45, 2.75) is 195 Å². The molecule has 0 spiro atoms. The van der Waals surface area contributed by atoms with Crippen LogP contribution in [0.2, 0.25) is 0 Å². The van der Waals surface area contributed by atoms with Gasteiger partial charge in [0.15, 0.2) is 0 Å². The molecule has 0 saturated carbocycles. The van der Waals surface area contributed by atoms with E-state index in [1.165, 1.54) is 49.4 Å². The molecule has 0 aliphatic carbocycles. The second-order valence-electron chi connectivity index (χ2n) is 21.9. The van der Waals surface area contributed by atoms with Crippen LogP contribution in [0.5, 0.6) is 11.5 Å². The number of amides is 2. The van der Waals surface area contributed by atoms with Crippen LogP contribution < -0.4 is 15.2 Å². The zero-order valence-electron chi connectivity index (χ0n) is 49.8. The molecule has 1 aliphatic rings. The topological polar surface area (TPSA) is 122 Å². The lowest BCUT2D eigenvalue weighted by Gasteiger charge is -2.34. The van der Waals surface area contributed by atoms with E-state index in [1.54, 1.807) is 24.3 Å². The summed E-state index contributed by atoms with van der Waals surface area (Å²) in [5, 5.41) is 21.3. The highest BCUT2D eigenvalue weighted by Gasteiger charge is 2.35. The summed E-state index contributed by atoms with van der Waals surface area (Å²) in [7, 11) is 0. The molecule has 5 aromatic carbocycles. The Hall–Kier alpha value is -5.80. The molecular formula is C70H96N2O6. The Balaban J connectivity index is 0.000000298. The molecule has 4 N–H and O–H groups in total. The lowest BCUT2D eigenvalue weighted by atomic mass is 9.70. The molecule has 8 nitrogen and oxygen atoms in total. The van der Waals surface area contributed by atoms with Crippen molar-refractivity contribution in [2.24, 2.45) is 5.73 Å². The number of nitrogens with two attached hydrogens (primary N) is 1. The van der Waals surface area contributed by atoms with E-state index >= 15 is 0 Å². The molecule has 0 fully saturated rings. The quantitative estimate of drug-likeness (QED) is 0.0322. The number of imide groups is 1. The van der Waals surface area contributed by atoms with Gasteiger partial charge in [-0.1, -0.05) is 152 Å². The number of carbonyl (C=O) groups excluding carboxylic acids is 2. The first-order valence-corrected chi connectivity index (χ1v) is 29.6. The van der Waals surface area contributed by atoms with Crippen LogP contribution in [0.25, 0.3) is 12.2 Å². The number of fused-ring (bicyclic) bond motifs is 1. The van der Waals surface area contributed by atoms with Gasteiger partial charge in [-0.25, -0.2) is 0 Å². The van der Waals surface area contributed by atoms with Gasteiger partial charge in [0.2, 0.25) is 0 Å². The Morgan fingerprint density at radius 1 is 0.462 bits per heavy atom. The number of nitrogens with zero attached hydrogens (tertiary/aromatic N) is 1. The number of unbranched alkanes of at least 4 members (excludes halogenated alkanes) is 4. The minimum absolute atomic E-state index is 0.0367. The highest BCUT2D eigenvalue weighted by Crippen LogP contribution is 2.43. The Morgan fingerprint density at radius 2 is 0.821 bits per heavy atom. The Kier molecular flexibility index (Phi) is 23.8. The number of hydrogen-bond acceptors (Lipinski definition) is 7. The fourth-order valence-electron chi connectivity index (χ4n) is 11.2. The van der Waals surface area contributed by atoms with Crippen LogP contribution in [0, 0.1) is 27.7 Å². The van der Waals surface area contributed by atoms with Crippen molar-refractivity contribution >= 4 is 24.0 Å². The molecule has 2 amide bonds. The highest BCUT2D eigenvalue weighted by atomic mass is 16.5. The van der Waals surface area contributed by atoms with Gasteiger partial charge in [-0.2, -0.15) is 0 Å². The molecule has 5 aromatic rings. The van der Waals surface area contributed by atoms with Crippen LogP contribution >= 0.6 is 0 Å². The number of hydrogen-bond donors (Lipinski definition) is 3. The van der Waals surface area contributed by atoms with E-state index in [0.717, 1.165) is 113 Å². The Bertz CT molecular complexity index is 2750. The summed E-state index contributed by atoms with van der Waals surface area (Å²) >= 11 is 0. The third kappa shape index (κ3) is 15.1. The van der Waals surface area contributed by atoms with E-state index in [9.17, 15) is 19.8 Å². The molecule has 0 saturated heterocycles. The summed E-state index contributed by atoms with van der Waals surface area (Å²) in [4.78, 5) is 26.5. The first kappa shape index (κ1) is 63.0. The van der Waals surface area contributed by atoms with Gasteiger partial charge in [-0.3, -0.25) is 14.5 Å². The smallest absolute Gasteiger partial charge is 0.261 e. The average Bonchev–Trinajstić information content (AvgIpc) is 3.84. The van der Waals surface area contributed by atoms with Gasteiger partial charge in [0, 0.05) is 17.4 Å². The third-order valence-corrected chi connectivity index (χ3v) is 17.4. The van der Waals surface area contributed by atoms with Crippen LogP contribution in [0.1, 0.15) is 222 Å². The molecule has 0 radical (unpaired) electrons. The van der Waals surface area contributed by atoms with Crippen LogP contribution in [0.15, 0.2) is 109 Å². The maximum atomic E-state index is 12.6. The fraction of sp³-hybridized carbons (Fsp3) is 0.486. The van der Waals surface area contributed by atoms with Gasteiger partial charge in [0.05, 0.1) is 35.5 Å². The molecule has 0 aromatic heterocycles. The van der Waals surface area contributed by atoms with Crippen molar-refractivity contribution in [3.63, 3.8) is 0 Å². The second-order valence-corrected chi connectivity index (χ2v) is 21.9. The van der Waals surface area contributed by atoms with Crippen molar-refractivity contribution in [1.82, 2.24) is 4.90 Å². The summed E-state index contributed by atoms with van der Waals surface area (Å²) < 4.78 is 12.2. The summed E-state index contributed by atoms with van der Waals surface area (Å²) in [6, 6.07) is 33.9. The third-order valence-electron chi connectivity index (χ3n) is 17.4. The SMILES string of the molecule is CCC(O)(/C=C/c1ccc(C(CC)(CC)c2ccc(OCCCCCN)c(C)c2)cc1C)CC.CCC(O)(/C=C/c1ccc(C(CC)(CC)c2ccc(OCCCCCN3C(=O)c4ccccc4C3=O)c(C)c2)cc1C)CC. The molecule has 8 heteroatoms. The van der Waals surface area contributed by atoms with Crippen LogP contribution in [0.4, 0.5) is 0 Å². The lowest BCUT2D eigenvalue weighted by Crippen LogP contribution is -2.30. The van der Waals surface area contributed by atoms with Crippen LogP contribution in [-0.4, -0.2) is 64.4 Å². The fourth-order valence-corrected chi connectivity index (χ4v) is 11.2. The molecule has 0 atom stereocenters.